The Kier molecular flexibility index (Phi) is 4.41. The maximum absolute atomic E-state index is 12.2. The Morgan fingerprint density at radius 3 is 2.35 bits per heavy atom. The first-order valence-corrected chi connectivity index (χ1v) is 7.91. The molecule has 1 aliphatic heterocycles. The van der Waals surface area contributed by atoms with E-state index in [-0.39, 0.29) is 5.91 Å². The van der Waals surface area contributed by atoms with Crippen LogP contribution >= 0.6 is 0 Å². The number of carbonyl (C=O) groups excluding carboxylic acids is 1. The highest BCUT2D eigenvalue weighted by molar-refractivity contribution is 5.91. The zero-order valence-electron chi connectivity index (χ0n) is 12.1. The van der Waals surface area contributed by atoms with E-state index in [0.29, 0.717) is 5.76 Å². The number of carbonyl (C=O) groups is 1. The van der Waals surface area contributed by atoms with Crippen molar-refractivity contribution >= 4 is 5.91 Å². The average Bonchev–Trinajstić information content (AvgIpc) is 2.89. The van der Waals surface area contributed by atoms with E-state index in [1.165, 1.54) is 38.5 Å². The van der Waals surface area contributed by atoms with Gasteiger partial charge < -0.3 is 9.32 Å². The van der Waals surface area contributed by atoms with E-state index in [4.69, 9.17) is 4.42 Å². The van der Waals surface area contributed by atoms with Gasteiger partial charge in [-0.15, -0.1) is 0 Å². The standard InChI is InChI=1S/C16H24N2O2/c19-16(15-8-5-13-20-15)18-11-9-17(10-12-18)14-6-3-1-2-4-7-14/h5,8,13-14H,1-4,6-7,9-12H2. The van der Waals surface area contributed by atoms with Crippen molar-refractivity contribution in [1.29, 1.82) is 0 Å². The lowest BCUT2D eigenvalue weighted by Gasteiger charge is -2.38. The molecule has 2 heterocycles. The van der Waals surface area contributed by atoms with Gasteiger partial charge in [0.05, 0.1) is 6.26 Å². The summed E-state index contributed by atoms with van der Waals surface area (Å²) in [7, 11) is 0. The van der Waals surface area contributed by atoms with Gasteiger partial charge in [0.1, 0.15) is 0 Å². The third-order valence-electron chi connectivity index (χ3n) is 4.67. The summed E-state index contributed by atoms with van der Waals surface area (Å²) in [6.45, 7) is 3.68. The summed E-state index contributed by atoms with van der Waals surface area (Å²) in [5.41, 5.74) is 0. The zero-order chi connectivity index (χ0) is 13.8. The van der Waals surface area contributed by atoms with Crippen molar-refractivity contribution in [2.24, 2.45) is 0 Å². The van der Waals surface area contributed by atoms with E-state index < -0.39 is 0 Å². The predicted octanol–water partition coefficient (Wildman–Crippen LogP) is 2.76. The van der Waals surface area contributed by atoms with Crippen molar-refractivity contribution < 1.29 is 9.21 Å². The third-order valence-corrected chi connectivity index (χ3v) is 4.67. The van der Waals surface area contributed by atoms with Gasteiger partial charge in [-0.2, -0.15) is 0 Å². The molecule has 1 saturated carbocycles. The van der Waals surface area contributed by atoms with Crippen LogP contribution in [-0.4, -0.2) is 47.9 Å². The number of hydrogen-bond donors (Lipinski definition) is 0. The van der Waals surface area contributed by atoms with Crippen molar-refractivity contribution in [2.75, 3.05) is 26.2 Å². The second kappa shape index (κ2) is 6.44. The van der Waals surface area contributed by atoms with Crippen LogP contribution in [0.15, 0.2) is 22.8 Å². The minimum atomic E-state index is 0.0375. The molecule has 3 rings (SSSR count). The molecule has 1 aromatic rings. The molecule has 0 bridgehead atoms. The van der Waals surface area contributed by atoms with Gasteiger partial charge in [-0.05, 0) is 25.0 Å². The van der Waals surface area contributed by atoms with Gasteiger partial charge in [-0.1, -0.05) is 25.7 Å². The second-order valence-electron chi connectivity index (χ2n) is 5.95. The summed E-state index contributed by atoms with van der Waals surface area (Å²) in [5, 5.41) is 0. The van der Waals surface area contributed by atoms with Crippen LogP contribution in [0.25, 0.3) is 0 Å². The van der Waals surface area contributed by atoms with Crippen LogP contribution in [0.3, 0.4) is 0 Å². The van der Waals surface area contributed by atoms with Gasteiger partial charge in [-0.3, -0.25) is 9.69 Å². The summed E-state index contributed by atoms with van der Waals surface area (Å²) in [6, 6.07) is 4.27. The van der Waals surface area contributed by atoms with Gasteiger partial charge >= 0.3 is 0 Å². The van der Waals surface area contributed by atoms with E-state index in [0.717, 1.165) is 32.2 Å². The number of rotatable bonds is 2. The molecule has 1 aromatic heterocycles. The molecule has 2 aliphatic rings. The maximum atomic E-state index is 12.2. The average molecular weight is 276 g/mol. The zero-order valence-corrected chi connectivity index (χ0v) is 12.1. The van der Waals surface area contributed by atoms with Crippen molar-refractivity contribution in [1.82, 2.24) is 9.80 Å². The Labute approximate surface area is 120 Å². The number of nitrogens with zero attached hydrogens (tertiary/aromatic N) is 2. The van der Waals surface area contributed by atoms with E-state index in [1.807, 2.05) is 4.90 Å². The smallest absolute Gasteiger partial charge is 0.289 e. The van der Waals surface area contributed by atoms with E-state index in [1.54, 1.807) is 18.4 Å². The lowest BCUT2D eigenvalue weighted by Crippen LogP contribution is -2.51. The first kappa shape index (κ1) is 13.7. The first-order chi connectivity index (χ1) is 9.84. The highest BCUT2D eigenvalue weighted by Crippen LogP contribution is 2.23. The molecule has 0 N–H and O–H groups in total. The molecule has 0 unspecified atom stereocenters. The van der Waals surface area contributed by atoms with Crippen molar-refractivity contribution in [3.63, 3.8) is 0 Å². The molecule has 20 heavy (non-hydrogen) atoms. The molecule has 0 spiro atoms. The molecule has 1 saturated heterocycles. The summed E-state index contributed by atoms with van der Waals surface area (Å²) < 4.78 is 5.20. The van der Waals surface area contributed by atoms with Crippen LogP contribution in [0, 0.1) is 0 Å². The molecule has 4 heteroatoms. The maximum Gasteiger partial charge on any atom is 0.289 e. The van der Waals surface area contributed by atoms with Crippen molar-refractivity contribution in [2.45, 2.75) is 44.6 Å². The third kappa shape index (κ3) is 3.06. The van der Waals surface area contributed by atoms with Crippen LogP contribution in [0.1, 0.15) is 49.1 Å². The lowest BCUT2D eigenvalue weighted by molar-refractivity contribution is 0.0524. The fourth-order valence-corrected chi connectivity index (χ4v) is 3.47. The van der Waals surface area contributed by atoms with E-state index in [9.17, 15) is 4.79 Å². The topological polar surface area (TPSA) is 36.7 Å². The van der Waals surface area contributed by atoms with Crippen LogP contribution in [-0.2, 0) is 0 Å². The number of piperazine rings is 1. The SMILES string of the molecule is O=C(c1ccco1)N1CCN(C2CCCCCC2)CC1. The van der Waals surface area contributed by atoms with Crippen LogP contribution < -0.4 is 0 Å². The molecule has 0 aromatic carbocycles. The highest BCUT2D eigenvalue weighted by atomic mass is 16.3. The first-order valence-electron chi connectivity index (χ1n) is 7.91. The Balaban J connectivity index is 1.52. The Hall–Kier alpha value is -1.29. The summed E-state index contributed by atoms with van der Waals surface area (Å²) >= 11 is 0. The van der Waals surface area contributed by atoms with Gasteiger partial charge in [0.25, 0.3) is 5.91 Å². The Morgan fingerprint density at radius 1 is 1.05 bits per heavy atom. The largest absolute Gasteiger partial charge is 0.459 e. The summed E-state index contributed by atoms with van der Waals surface area (Å²) in [6.07, 6.45) is 9.78. The molecule has 110 valence electrons. The van der Waals surface area contributed by atoms with E-state index in [2.05, 4.69) is 4.90 Å². The number of amides is 1. The van der Waals surface area contributed by atoms with Crippen LogP contribution in [0.5, 0.6) is 0 Å². The molecular formula is C16H24N2O2. The molecule has 2 fully saturated rings. The van der Waals surface area contributed by atoms with E-state index >= 15 is 0 Å². The molecule has 4 nitrogen and oxygen atoms in total. The van der Waals surface area contributed by atoms with Crippen molar-refractivity contribution in [3.05, 3.63) is 24.2 Å². The number of furan rings is 1. The molecule has 0 atom stereocenters. The van der Waals surface area contributed by atoms with Gasteiger partial charge in [0.15, 0.2) is 5.76 Å². The molecule has 1 aliphatic carbocycles. The van der Waals surface area contributed by atoms with Gasteiger partial charge in [0.2, 0.25) is 0 Å². The number of hydrogen-bond acceptors (Lipinski definition) is 3. The molecular weight excluding hydrogens is 252 g/mol. The fraction of sp³-hybridized carbons (Fsp3) is 0.688. The van der Waals surface area contributed by atoms with Crippen molar-refractivity contribution in [3.8, 4) is 0 Å². The van der Waals surface area contributed by atoms with Crippen LogP contribution in [0.4, 0.5) is 0 Å². The minimum absolute atomic E-state index is 0.0375. The Bertz CT molecular complexity index is 414. The highest BCUT2D eigenvalue weighted by Gasteiger charge is 2.27. The summed E-state index contributed by atoms with van der Waals surface area (Å²) in [5.74, 6) is 0.503. The minimum Gasteiger partial charge on any atom is -0.459 e. The summed E-state index contributed by atoms with van der Waals surface area (Å²) in [4.78, 5) is 16.7. The normalized spacial score (nSPS) is 22.7. The lowest BCUT2D eigenvalue weighted by atomic mass is 10.1. The van der Waals surface area contributed by atoms with Gasteiger partial charge in [-0.25, -0.2) is 0 Å². The second-order valence-corrected chi connectivity index (χ2v) is 5.95. The van der Waals surface area contributed by atoms with Crippen LogP contribution in [0.2, 0.25) is 0 Å². The fourth-order valence-electron chi connectivity index (χ4n) is 3.47. The predicted molar refractivity (Wildman–Crippen MR) is 77.7 cm³/mol. The Morgan fingerprint density at radius 2 is 1.75 bits per heavy atom. The van der Waals surface area contributed by atoms with Gasteiger partial charge in [0, 0.05) is 32.2 Å². The molecule has 1 amide bonds. The molecule has 0 radical (unpaired) electrons. The quantitative estimate of drug-likeness (QED) is 0.779. The monoisotopic (exact) mass is 276 g/mol.